The minimum absolute atomic E-state index is 0.0235. The van der Waals surface area contributed by atoms with Crippen molar-refractivity contribution in [2.45, 2.75) is 58.5 Å². The first-order valence-corrected chi connectivity index (χ1v) is 10.5. The fourth-order valence-electron chi connectivity index (χ4n) is 4.65. The second-order valence-electron chi connectivity index (χ2n) is 8.68. The molecular formula is C22H31FN2O4. The molecule has 29 heavy (non-hydrogen) atoms. The van der Waals surface area contributed by atoms with Gasteiger partial charge in [-0.1, -0.05) is 13.0 Å². The summed E-state index contributed by atoms with van der Waals surface area (Å²) in [5.74, 6) is -0.861. The Morgan fingerprint density at radius 2 is 1.97 bits per heavy atom. The van der Waals surface area contributed by atoms with Gasteiger partial charge < -0.3 is 20.4 Å². The van der Waals surface area contributed by atoms with E-state index in [0.717, 1.165) is 32.1 Å². The van der Waals surface area contributed by atoms with Crippen LogP contribution < -0.4 is 5.32 Å². The number of carbonyl (C=O) groups excluding carboxylic acids is 1. The van der Waals surface area contributed by atoms with E-state index in [4.69, 9.17) is 5.11 Å². The Morgan fingerprint density at radius 1 is 1.28 bits per heavy atom. The Labute approximate surface area is 171 Å². The lowest BCUT2D eigenvalue weighted by Crippen LogP contribution is -2.36. The Kier molecular flexibility index (Phi) is 6.77. The molecule has 1 aromatic rings. The minimum atomic E-state index is -0.827. The van der Waals surface area contributed by atoms with E-state index in [1.165, 1.54) is 6.07 Å². The molecule has 7 heteroatoms. The molecule has 1 saturated carbocycles. The minimum Gasteiger partial charge on any atom is -0.505 e. The number of carbonyl (C=O) groups is 2. The summed E-state index contributed by atoms with van der Waals surface area (Å²) in [4.78, 5) is 25.1. The number of nitrogens with zero attached hydrogens (tertiary/aromatic N) is 1. The number of fused-ring (bicyclic) bond motifs is 1. The van der Waals surface area contributed by atoms with Crippen LogP contribution in [0, 0.1) is 23.6 Å². The lowest BCUT2D eigenvalue weighted by atomic mass is 9.75. The fraction of sp³-hybridized carbons (Fsp3) is 0.636. The molecule has 1 aliphatic carbocycles. The number of carboxylic acid groups (broad SMARTS) is 1. The van der Waals surface area contributed by atoms with Gasteiger partial charge in [-0.25, -0.2) is 4.39 Å². The average molecular weight is 406 g/mol. The molecule has 2 atom stereocenters. The molecule has 6 nitrogen and oxygen atoms in total. The highest BCUT2D eigenvalue weighted by Crippen LogP contribution is 2.37. The molecule has 0 saturated heterocycles. The summed E-state index contributed by atoms with van der Waals surface area (Å²) in [5.41, 5.74) is 0.672. The molecule has 3 rings (SSSR count). The Hall–Kier alpha value is -2.15. The van der Waals surface area contributed by atoms with Crippen molar-refractivity contribution in [2.75, 3.05) is 13.1 Å². The van der Waals surface area contributed by atoms with E-state index >= 15 is 0 Å². The molecule has 1 aromatic carbocycles. The summed E-state index contributed by atoms with van der Waals surface area (Å²) >= 11 is 0. The second kappa shape index (κ2) is 9.11. The predicted molar refractivity (Wildman–Crippen MR) is 107 cm³/mol. The van der Waals surface area contributed by atoms with Gasteiger partial charge in [0, 0.05) is 13.1 Å². The quantitative estimate of drug-likeness (QED) is 0.616. The van der Waals surface area contributed by atoms with Gasteiger partial charge in [-0.05, 0) is 75.0 Å². The highest BCUT2D eigenvalue weighted by atomic mass is 19.1. The zero-order valence-electron chi connectivity index (χ0n) is 17.2. The van der Waals surface area contributed by atoms with Gasteiger partial charge in [0.15, 0.2) is 11.6 Å². The van der Waals surface area contributed by atoms with Crippen LogP contribution in [0.3, 0.4) is 0 Å². The van der Waals surface area contributed by atoms with Gasteiger partial charge in [-0.2, -0.15) is 0 Å². The van der Waals surface area contributed by atoms with Crippen LogP contribution >= 0.6 is 0 Å². The van der Waals surface area contributed by atoms with E-state index < -0.39 is 23.6 Å². The lowest BCUT2D eigenvalue weighted by molar-refractivity contribution is -0.139. The van der Waals surface area contributed by atoms with Crippen molar-refractivity contribution in [1.29, 1.82) is 0 Å². The van der Waals surface area contributed by atoms with Gasteiger partial charge in [-0.15, -0.1) is 0 Å². The van der Waals surface area contributed by atoms with E-state index in [-0.39, 0.29) is 11.5 Å². The summed E-state index contributed by atoms with van der Waals surface area (Å²) in [5, 5.41) is 21.5. The number of carboxylic acids is 1. The van der Waals surface area contributed by atoms with Crippen molar-refractivity contribution in [3.63, 3.8) is 0 Å². The van der Waals surface area contributed by atoms with Crippen LogP contribution in [0.4, 0.5) is 4.39 Å². The van der Waals surface area contributed by atoms with E-state index in [1.807, 2.05) is 0 Å². The van der Waals surface area contributed by atoms with Crippen molar-refractivity contribution in [1.82, 2.24) is 10.2 Å². The van der Waals surface area contributed by atoms with E-state index in [9.17, 15) is 19.1 Å². The second-order valence-corrected chi connectivity index (χ2v) is 8.68. The van der Waals surface area contributed by atoms with E-state index in [0.29, 0.717) is 43.0 Å². The summed E-state index contributed by atoms with van der Waals surface area (Å²) < 4.78 is 14.1. The molecule has 0 radical (unpaired) electrons. The third kappa shape index (κ3) is 4.89. The predicted octanol–water partition coefficient (Wildman–Crippen LogP) is 3.38. The van der Waals surface area contributed by atoms with Crippen LogP contribution in [0.2, 0.25) is 0 Å². The van der Waals surface area contributed by atoms with Crippen LogP contribution in [0.15, 0.2) is 12.1 Å². The van der Waals surface area contributed by atoms with E-state index in [1.54, 1.807) is 17.9 Å². The number of rotatable bonds is 8. The fourth-order valence-corrected chi connectivity index (χ4v) is 4.65. The molecule has 1 aliphatic heterocycles. The van der Waals surface area contributed by atoms with Gasteiger partial charge in [0.2, 0.25) is 0 Å². The van der Waals surface area contributed by atoms with Crippen LogP contribution in [0.25, 0.3) is 0 Å². The van der Waals surface area contributed by atoms with Gasteiger partial charge >= 0.3 is 5.97 Å². The van der Waals surface area contributed by atoms with Crippen LogP contribution in [0.1, 0.15) is 61.9 Å². The largest absolute Gasteiger partial charge is 0.505 e. The van der Waals surface area contributed by atoms with Crippen molar-refractivity contribution in [3.05, 3.63) is 29.1 Å². The molecule has 160 valence electrons. The van der Waals surface area contributed by atoms with Gasteiger partial charge in [0.05, 0.1) is 5.56 Å². The molecule has 1 heterocycles. The van der Waals surface area contributed by atoms with Crippen molar-refractivity contribution >= 4 is 11.9 Å². The normalized spacial score (nSPS) is 23.7. The number of aliphatic carboxylic acids is 1. The molecule has 0 spiro atoms. The van der Waals surface area contributed by atoms with E-state index in [2.05, 4.69) is 12.2 Å². The monoisotopic (exact) mass is 406 g/mol. The zero-order chi connectivity index (χ0) is 21.1. The zero-order valence-corrected chi connectivity index (χ0v) is 17.2. The maximum Gasteiger partial charge on any atom is 0.320 e. The molecule has 0 aromatic heterocycles. The number of hydrogen-bond acceptors (Lipinski definition) is 4. The first-order chi connectivity index (χ1) is 13.8. The molecule has 1 amide bonds. The highest BCUT2D eigenvalue weighted by Gasteiger charge is 2.34. The molecule has 1 unspecified atom stereocenters. The lowest BCUT2D eigenvalue weighted by Gasteiger charge is -2.34. The standard InChI is InChI=1S/C22H31FN2O4/c1-13(9-10-24-14(2)22(28)29)16-5-3-15(4-6-16)11-25-12-17-7-8-18(26)20(23)19(17)21(25)27/h7-8,13-16,24,26H,3-6,9-12H2,1-2H3,(H,28,29)/t13?,14-,15?,16?/m0/s1. The summed E-state index contributed by atoms with van der Waals surface area (Å²) in [6.07, 6.45) is 5.24. The maximum atomic E-state index is 14.1. The van der Waals surface area contributed by atoms with Gasteiger partial charge in [0.25, 0.3) is 5.91 Å². The molecular weight excluding hydrogens is 375 g/mol. The number of halogens is 1. The van der Waals surface area contributed by atoms with Crippen LogP contribution in [-0.2, 0) is 11.3 Å². The number of aromatic hydroxyl groups is 1. The smallest absolute Gasteiger partial charge is 0.320 e. The van der Waals surface area contributed by atoms with Gasteiger partial charge in [-0.3, -0.25) is 9.59 Å². The van der Waals surface area contributed by atoms with Crippen LogP contribution in [-0.4, -0.2) is 46.1 Å². The number of hydrogen-bond donors (Lipinski definition) is 3. The topological polar surface area (TPSA) is 89.9 Å². The SMILES string of the molecule is CC(CCN[C@@H](C)C(=O)O)C1CCC(CN2Cc3ccc(O)c(F)c3C2=O)CC1. The van der Waals surface area contributed by atoms with Crippen molar-refractivity contribution < 1.29 is 24.2 Å². The third-order valence-corrected chi connectivity index (χ3v) is 6.67. The first-order valence-electron chi connectivity index (χ1n) is 10.5. The highest BCUT2D eigenvalue weighted by molar-refractivity contribution is 5.99. The molecule has 2 aliphatic rings. The van der Waals surface area contributed by atoms with Crippen molar-refractivity contribution in [3.8, 4) is 5.75 Å². The molecule has 1 fully saturated rings. The first kappa shape index (κ1) is 21.6. The number of amides is 1. The molecule has 3 N–H and O–H groups in total. The van der Waals surface area contributed by atoms with Gasteiger partial charge in [0.1, 0.15) is 6.04 Å². The Bertz CT molecular complexity index is 761. The van der Waals surface area contributed by atoms with Crippen molar-refractivity contribution in [2.24, 2.45) is 17.8 Å². The number of nitrogens with one attached hydrogen (secondary N) is 1. The summed E-state index contributed by atoms with van der Waals surface area (Å²) in [7, 11) is 0. The number of phenolic OH excluding ortho intramolecular Hbond substituents is 1. The average Bonchev–Trinajstić information content (AvgIpc) is 3.01. The van der Waals surface area contributed by atoms with Crippen LogP contribution in [0.5, 0.6) is 5.75 Å². The third-order valence-electron chi connectivity index (χ3n) is 6.67. The summed E-state index contributed by atoms with van der Waals surface area (Å²) in [6, 6.07) is 2.42. The maximum absolute atomic E-state index is 14.1. The number of phenols is 1. The Morgan fingerprint density at radius 3 is 2.62 bits per heavy atom. The molecule has 0 bridgehead atoms. The summed E-state index contributed by atoms with van der Waals surface area (Å²) in [6.45, 7) is 5.63. The number of benzene rings is 1. The Balaban J connectivity index is 1.44.